The van der Waals surface area contributed by atoms with Crippen molar-refractivity contribution in [1.29, 1.82) is 0 Å². The lowest BCUT2D eigenvalue weighted by Crippen LogP contribution is -2.25. The summed E-state index contributed by atoms with van der Waals surface area (Å²) in [4.78, 5) is 25.0. The van der Waals surface area contributed by atoms with Gasteiger partial charge < -0.3 is 23.7 Å². The SMILES string of the molecule is CCOC(C)OC(=O)c1ccc2c(c1)Oc1cc(C(=O)OC(C)OCC)ccc1C2(C)C. The zero-order valence-corrected chi connectivity index (χ0v) is 19.4. The van der Waals surface area contributed by atoms with E-state index in [9.17, 15) is 9.59 Å². The Morgan fingerprint density at radius 3 is 1.59 bits per heavy atom. The molecule has 0 fully saturated rings. The van der Waals surface area contributed by atoms with Crippen LogP contribution in [0.2, 0.25) is 0 Å². The van der Waals surface area contributed by atoms with Crippen LogP contribution < -0.4 is 4.74 Å². The predicted molar refractivity (Wildman–Crippen MR) is 118 cm³/mol. The molecule has 0 saturated carbocycles. The lowest BCUT2D eigenvalue weighted by molar-refractivity contribution is -0.0948. The fourth-order valence-corrected chi connectivity index (χ4v) is 3.74. The first kappa shape index (κ1) is 23.8. The molecule has 0 radical (unpaired) electrons. The van der Waals surface area contributed by atoms with Crippen LogP contribution in [0.5, 0.6) is 11.5 Å². The minimum Gasteiger partial charge on any atom is -0.457 e. The van der Waals surface area contributed by atoms with Gasteiger partial charge in [-0.3, -0.25) is 0 Å². The van der Waals surface area contributed by atoms with Crippen molar-refractivity contribution in [1.82, 2.24) is 0 Å². The number of carbonyl (C=O) groups is 2. The standard InChI is InChI=1S/C25H30O7/c1-7-28-15(3)30-23(26)17-9-11-19-21(13-17)32-22-14-18(10-12-20(22)25(19,5)6)24(27)31-16(4)29-8-2/h9-16H,7-8H2,1-6H3. The molecule has 2 aromatic carbocycles. The Kier molecular flexibility index (Phi) is 7.21. The van der Waals surface area contributed by atoms with Crippen LogP contribution in [0.1, 0.15) is 73.4 Å². The molecule has 0 saturated heterocycles. The molecule has 0 aliphatic carbocycles. The number of fused-ring (bicyclic) bond motifs is 2. The van der Waals surface area contributed by atoms with E-state index in [1.807, 2.05) is 26.0 Å². The van der Waals surface area contributed by atoms with Gasteiger partial charge in [-0.1, -0.05) is 26.0 Å². The topological polar surface area (TPSA) is 80.3 Å². The number of carbonyl (C=O) groups excluding carboxylic acids is 2. The van der Waals surface area contributed by atoms with Gasteiger partial charge in [0.15, 0.2) is 12.6 Å². The van der Waals surface area contributed by atoms with E-state index in [-0.39, 0.29) is 0 Å². The van der Waals surface area contributed by atoms with Gasteiger partial charge in [0, 0.05) is 29.8 Å². The zero-order chi connectivity index (χ0) is 23.5. The highest BCUT2D eigenvalue weighted by Crippen LogP contribution is 2.48. The molecule has 0 bridgehead atoms. The number of esters is 2. The van der Waals surface area contributed by atoms with Crippen molar-refractivity contribution in [3.05, 3.63) is 58.7 Å². The second kappa shape index (κ2) is 9.71. The molecule has 32 heavy (non-hydrogen) atoms. The van der Waals surface area contributed by atoms with E-state index in [1.165, 1.54) is 0 Å². The molecule has 0 spiro atoms. The summed E-state index contributed by atoms with van der Waals surface area (Å²) in [5.41, 5.74) is 2.18. The van der Waals surface area contributed by atoms with E-state index in [1.54, 1.807) is 38.1 Å². The van der Waals surface area contributed by atoms with Crippen molar-refractivity contribution < 1.29 is 33.3 Å². The molecule has 0 aromatic heterocycles. The fourth-order valence-electron chi connectivity index (χ4n) is 3.74. The number of hydrogen-bond acceptors (Lipinski definition) is 7. The molecule has 172 valence electrons. The van der Waals surface area contributed by atoms with E-state index < -0.39 is 29.9 Å². The summed E-state index contributed by atoms with van der Waals surface area (Å²) in [6.07, 6.45) is -1.29. The molecule has 3 rings (SSSR count). The van der Waals surface area contributed by atoms with Gasteiger partial charge in [-0.2, -0.15) is 0 Å². The van der Waals surface area contributed by atoms with Crippen molar-refractivity contribution in [2.24, 2.45) is 0 Å². The highest BCUT2D eigenvalue weighted by molar-refractivity contribution is 5.91. The van der Waals surface area contributed by atoms with Crippen LogP contribution in [0, 0.1) is 0 Å². The average Bonchev–Trinajstić information content (AvgIpc) is 2.73. The van der Waals surface area contributed by atoms with Gasteiger partial charge in [0.2, 0.25) is 0 Å². The fraction of sp³-hybridized carbons (Fsp3) is 0.440. The maximum absolute atomic E-state index is 12.5. The minimum atomic E-state index is -0.644. The molecular weight excluding hydrogens is 412 g/mol. The molecule has 0 N–H and O–H groups in total. The van der Waals surface area contributed by atoms with Gasteiger partial charge in [-0.15, -0.1) is 0 Å². The van der Waals surface area contributed by atoms with Crippen molar-refractivity contribution in [2.45, 2.75) is 59.5 Å². The van der Waals surface area contributed by atoms with Gasteiger partial charge in [0.05, 0.1) is 11.1 Å². The van der Waals surface area contributed by atoms with Crippen molar-refractivity contribution in [2.75, 3.05) is 13.2 Å². The summed E-state index contributed by atoms with van der Waals surface area (Å²) in [5.74, 6) is 0.0785. The van der Waals surface area contributed by atoms with E-state index in [0.29, 0.717) is 35.8 Å². The molecular formula is C25H30O7. The van der Waals surface area contributed by atoms with Crippen LogP contribution >= 0.6 is 0 Å². The lowest BCUT2D eigenvalue weighted by atomic mass is 9.75. The van der Waals surface area contributed by atoms with Gasteiger partial charge in [0.1, 0.15) is 11.5 Å². The number of hydrogen-bond donors (Lipinski definition) is 0. The predicted octanol–water partition coefficient (Wildman–Crippen LogP) is 5.20. The first-order chi connectivity index (χ1) is 15.2. The van der Waals surface area contributed by atoms with Gasteiger partial charge in [-0.25, -0.2) is 9.59 Å². The number of benzene rings is 2. The summed E-state index contributed by atoms with van der Waals surface area (Å²) < 4.78 is 27.3. The highest BCUT2D eigenvalue weighted by Gasteiger charge is 2.35. The molecule has 1 aliphatic heterocycles. The third-order valence-electron chi connectivity index (χ3n) is 5.35. The van der Waals surface area contributed by atoms with Crippen LogP contribution in [-0.2, 0) is 24.4 Å². The van der Waals surface area contributed by atoms with Gasteiger partial charge in [0.25, 0.3) is 0 Å². The monoisotopic (exact) mass is 442 g/mol. The van der Waals surface area contributed by atoms with Crippen LogP contribution in [0.4, 0.5) is 0 Å². The average molecular weight is 443 g/mol. The lowest BCUT2D eigenvalue weighted by Gasteiger charge is -2.34. The first-order valence-electron chi connectivity index (χ1n) is 10.8. The molecule has 2 atom stereocenters. The summed E-state index contributed by atoms with van der Waals surface area (Å²) in [6.45, 7) is 12.0. The van der Waals surface area contributed by atoms with Crippen molar-refractivity contribution in [3.63, 3.8) is 0 Å². The first-order valence-corrected chi connectivity index (χ1v) is 10.8. The maximum atomic E-state index is 12.5. The van der Waals surface area contributed by atoms with E-state index in [4.69, 9.17) is 23.7 Å². The van der Waals surface area contributed by atoms with Crippen molar-refractivity contribution >= 4 is 11.9 Å². The van der Waals surface area contributed by atoms with Crippen molar-refractivity contribution in [3.8, 4) is 11.5 Å². The molecule has 1 heterocycles. The molecule has 0 amide bonds. The van der Waals surface area contributed by atoms with Crippen LogP contribution in [0.3, 0.4) is 0 Å². The molecule has 2 unspecified atom stereocenters. The second-order valence-corrected chi connectivity index (χ2v) is 8.01. The summed E-state index contributed by atoms with van der Waals surface area (Å²) >= 11 is 0. The largest absolute Gasteiger partial charge is 0.457 e. The molecule has 2 aromatic rings. The Balaban J connectivity index is 1.88. The number of rotatable bonds is 8. The quantitative estimate of drug-likeness (QED) is 0.411. The normalized spacial score (nSPS) is 15.6. The summed E-state index contributed by atoms with van der Waals surface area (Å²) in [7, 11) is 0. The smallest absolute Gasteiger partial charge is 0.340 e. The highest BCUT2D eigenvalue weighted by atomic mass is 16.7. The van der Waals surface area contributed by atoms with Gasteiger partial charge in [-0.05, 0) is 52.0 Å². The van der Waals surface area contributed by atoms with Crippen LogP contribution in [0.25, 0.3) is 0 Å². The minimum absolute atomic E-state index is 0.357. The maximum Gasteiger partial charge on any atom is 0.340 e. The van der Waals surface area contributed by atoms with E-state index >= 15 is 0 Å². The Morgan fingerprint density at radius 1 is 0.812 bits per heavy atom. The Morgan fingerprint density at radius 2 is 1.22 bits per heavy atom. The molecule has 7 nitrogen and oxygen atoms in total. The van der Waals surface area contributed by atoms with Crippen LogP contribution in [-0.4, -0.2) is 37.7 Å². The Labute approximate surface area is 188 Å². The summed E-state index contributed by atoms with van der Waals surface area (Å²) in [6, 6.07) is 10.5. The van der Waals surface area contributed by atoms with Crippen LogP contribution in [0.15, 0.2) is 36.4 Å². The zero-order valence-electron chi connectivity index (χ0n) is 19.4. The molecule has 7 heteroatoms. The third-order valence-corrected chi connectivity index (χ3v) is 5.35. The van der Waals surface area contributed by atoms with Gasteiger partial charge >= 0.3 is 11.9 Å². The van der Waals surface area contributed by atoms with E-state index in [0.717, 1.165) is 11.1 Å². The summed E-state index contributed by atoms with van der Waals surface area (Å²) in [5, 5.41) is 0. The number of ether oxygens (including phenoxy) is 5. The van der Waals surface area contributed by atoms with E-state index in [2.05, 4.69) is 13.8 Å². The third kappa shape index (κ3) is 4.95. The molecule has 1 aliphatic rings. The second-order valence-electron chi connectivity index (χ2n) is 8.01. The Bertz CT molecular complexity index is 918. The Hall–Kier alpha value is -2.90.